The van der Waals surface area contributed by atoms with Gasteiger partial charge in [-0.3, -0.25) is 0 Å². The van der Waals surface area contributed by atoms with E-state index >= 15 is 0 Å². The van der Waals surface area contributed by atoms with Crippen LogP contribution in [-0.4, -0.2) is 5.11 Å². The van der Waals surface area contributed by atoms with Crippen molar-refractivity contribution in [3.63, 3.8) is 0 Å². The van der Waals surface area contributed by atoms with E-state index in [-0.39, 0.29) is 0 Å². The molecule has 0 aliphatic rings. The van der Waals surface area contributed by atoms with Gasteiger partial charge in [0.1, 0.15) is 23.6 Å². The van der Waals surface area contributed by atoms with Gasteiger partial charge in [-0.2, -0.15) is 0 Å². The van der Waals surface area contributed by atoms with Gasteiger partial charge in [0, 0.05) is 21.5 Å². The zero-order valence-corrected chi connectivity index (χ0v) is 11.6. The molecule has 0 bridgehead atoms. The van der Waals surface area contributed by atoms with Crippen molar-refractivity contribution in [2.45, 2.75) is 13.0 Å². The smallest absolute Gasteiger partial charge is 0.135 e. The Bertz CT molecular complexity index is 574. The standard InChI is InChI=1S/C12H8BrF3OS/c1-5-2-7(13)12(18-5)11(17)10-8(15)3-6(14)4-9(10)16/h2-4,11,17H,1H3. The van der Waals surface area contributed by atoms with Crippen molar-refractivity contribution in [2.24, 2.45) is 0 Å². The average Bonchev–Trinajstić information content (AvgIpc) is 2.56. The summed E-state index contributed by atoms with van der Waals surface area (Å²) in [5, 5.41) is 10.0. The fourth-order valence-electron chi connectivity index (χ4n) is 1.63. The Balaban J connectivity index is 2.52. The third-order valence-electron chi connectivity index (χ3n) is 2.40. The largest absolute Gasteiger partial charge is 0.383 e. The van der Waals surface area contributed by atoms with Crippen molar-refractivity contribution >= 4 is 27.3 Å². The Morgan fingerprint density at radius 2 is 1.72 bits per heavy atom. The number of halogens is 4. The molecule has 2 aromatic rings. The van der Waals surface area contributed by atoms with Gasteiger partial charge < -0.3 is 5.11 Å². The second-order valence-electron chi connectivity index (χ2n) is 3.75. The van der Waals surface area contributed by atoms with Crippen LogP contribution in [0.5, 0.6) is 0 Å². The van der Waals surface area contributed by atoms with Crippen LogP contribution in [0.4, 0.5) is 13.2 Å². The Kier molecular flexibility index (Phi) is 3.79. The Hall–Kier alpha value is -0.850. The van der Waals surface area contributed by atoms with Crippen LogP contribution in [0.15, 0.2) is 22.7 Å². The van der Waals surface area contributed by atoms with Gasteiger partial charge in [-0.25, -0.2) is 13.2 Å². The zero-order chi connectivity index (χ0) is 13.4. The highest BCUT2D eigenvalue weighted by molar-refractivity contribution is 9.10. The van der Waals surface area contributed by atoms with Crippen molar-refractivity contribution in [3.05, 3.63) is 55.4 Å². The zero-order valence-electron chi connectivity index (χ0n) is 9.18. The monoisotopic (exact) mass is 336 g/mol. The van der Waals surface area contributed by atoms with Crippen LogP contribution in [0.25, 0.3) is 0 Å². The molecule has 1 aromatic carbocycles. The molecule has 2 rings (SSSR count). The van der Waals surface area contributed by atoms with Gasteiger partial charge in [-0.05, 0) is 28.9 Å². The third kappa shape index (κ3) is 2.46. The van der Waals surface area contributed by atoms with Gasteiger partial charge in [-0.1, -0.05) is 0 Å². The molecule has 18 heavy (non-hydrogen) atoms. The van der Waals surface area contributed by atoms with Crippen LogP contribution in [0.2, 0.25) is 0 Å². The summed E-state index contributed by atoms with van der Waals surface area (Å²) in [6.07, 6.45) is -1.46. The summed E-state index contributed by atoms with van der Waals surface area (Å²) in [5.74, 6) is -3.21. The van der Waals surface area contributed by atoms with Gasteiger partial charge in [0.25, 0.3) is 0 Å². The number of aliphatic hydroxyl groups excluding tert-OH is 1. The molecule has 0 spiro atoms. The first-order valence-corrected chi connectivity index (χ1v) is 6.59. The maximum Gasteiger partial charge on any atom is 0.135 e. The number of hydrogen-bond donors (Lipinski definition) is 1. The lowest BCUT2D eigenvalue weighted by Gasteiger charge is -2.12. The molecule has 1 heterocycles. The van der Waals surface area contributed by atoms with Gasteiger partial charge >= 0.3 is 0 Å². The van der Waals surface area contributed by atoms with Crippen LogP contribution in [0, 0.1) is 24.4 Å². The van der Waals surface area contributed by atoms with Crippen molar-refractivity contribution in [1.82, 2.24) is 0 Å². The van der Waals surface area contributed by atoms with Crippen LogP contribution >= 0.6 is 27.3 Å². The van der Waals surface area contributed by atoms with E-state index in [1.807, 2.05) is 6.92 Å². The first-order valence-electron chi connectivity index (χ1n) is 4.98. The summed E-state index contributed by atoms with van der Waals surface area (Å²) in [7, 11) is 0. The van der Waals surface area contributed by atoms with Gasteiger partial charge in [0.15, 0.2) is 0 Å². The summed E-state index contributed by atoms with van der Waals surface area (Å²) in [6, 6.07) is 2.84. The lowest BCUT2D eigenvalue weighted by atomic mass is 10.1. The summed E-state index contributed by atoms with van der Waals surface area (Å²) >= 11 is 4.42. The maximum atomic E-state index is 13.5. The molecule has 0 aliphatic carbocycles. The average molecular weight is 337 g/mol. The number of aryl methyl sites for hydroxylation is 1. The predicted molar refractivity (Wildman–Crippen MR) is 67.1 cm³/mol. The summed E-state index contributed by atoms with van der Waals surface area (Å²) in [5.41, 5.74) is -0.543. The molecule has 0 amide bonds. The fraction of sp³-hybridized carbons (Fsp3) is 0.167. The van der Waals surface area contributed by atoms with E-state index in [9.17, 15) is 18.3 Å². The number of hydrogen-bond acceptors (Lipinski definition) is 2. The normalized spacial score (nSPS) is 12.8. The molecular weight excluding hydrogens is 329 g/mol. The molecule has 0 aliphatic heterocycles. The molecule has 0 saturated carbocycles. The first kappa shape index (κ1) is 13.6. The van der Waals surface area contributed by atoms with E-state index in [1.54, 1.807) is 6.07 Å². The van der Waals surface area contributed by atoms with E-state index in [1.165, 1.54) is 11.3 Å². The third-order valence-corrected chi connectivity index (χ3v) is 4.42. The highest BCUT2D eigenvalue weighted by Crippen LogP contribution is 2.37. The molecule has 1 atom stereocenters. The summed E-state index contributed by atoms with van der Waals surface area (Å²) in [6.45, 7) is 1.81. The lowest BCUT2D eigenvalue weighted by molar-refractivity contribution is 0.211. The van der Waals surface area contributed by atoms with Crippen LogP contribution in [-0.2, 0) is 0 Å². The minimum Gasteiger partial charge on any atom is -0.383 e. The van der Waals surface area contributed by atoms with Gasteiger partial charge in [0.2, 0.25) is 0 Å². The Morgan fingerprint density at radius 3 is 2.17 bits per heavy atom. The van der Waals surface area contributed by atoms with E-state index in [4.69, 9.17) is 0 Å². The second-order valence-corrected chi connectivity index (χ2v) is 5.90. The van der Waals surface area contributed by atoms with Crippen molar-refractivity contribution in [1.29, 1.82) is 0 Å². The summed E-state index contributed by atoms with van der Waals surface area (Å²) < 4.78 is 40.4. The molecule has 96 valence electrons. The molecule has 0 radical (unpaired) electrons. The van der Waals surface area contributed by atoms with E-state index in [0.29, 0.717) is 21.5 Å². The van der Waals surface area contributed by atoms with E-state index in [2.05, 4.69) is 15.9 Å². The molecule has 0 fully saturated rings. The molecule has 0 saturated heterocycles. The van der Waals surface area contributed by atoms with Crippen molar-refractivity contribution < 1.29 is 18.3 Å². The second kappa shape index (κ2) is 5.03. The fourth-order valence-corrected chi connectivity index (χ4v) is 3.50. The van der Waals surface area contributed by atoms with Crippen molar-refractivity contribution in [3.8, 4) is 0 Å². The quantitative estimate of drug-likeness (QED) is 0.865. The molecule has 1 N–H and O–H groups in total. The van der Waals surface area contributed by atoms with E-state index in [0.717, 1.165) is 4.88 Å². The molecular formula is C12H8BrF3OS. The SMILES string of the molecule is Cc1cc(Br)c(C(O)c2c(F)cc(F)cc2F)s1. The number of benzene rings is 1. The minimum absolute atomic E-state index is 0.386. The topological polar surface area (TPSA) is 20.2 Å². The minimum atomic E-state index is -1.46. The summed E-state index contributed by atoms with van der Waals surface area (Å²) in [4.78, 5) is 1.27. The van der Waals surface area contributed by atoms with Crippen LogP contribution < -0.4 is 0 Å². The number of thiophene rings is 1. The van der Waals surface area contributed by atoms with Gasteiger partial charge in [-0.15, -0.1) is 11.3 Å². The van der Waals surface area contributed by atoms with Crippen LogP contribution in [0.3, 0.4) is 0 Å². The lowest BCUT2D eigenvalue weighted by Crippen LogP contribution is -2.05. The highest BCUT2D eigenvalue weighted by atomic mass is 79.9. The molecule has 1 unspecified atom stereocenters. The number of aliphatic hydroxyl groups is 1. The predicted octanol–water partition coefficient (Wildman–Crippen LogP) is 4.32. The first-order chi connectivity index (χ1) is 8.40. The molecule has 6 heteroatoms. The van der Waals surface area contributed by atoms with Crippen molar-refractivity contribution in [2.75, 3.05) is 0 Å². The Labute approximate surface area is 114 Å². The van der Waals surface area contributed by atoms with Crippen LogP contribution in [0.1, 0.15) is 21.4 Å². The van der Waals surface area contributed by atoms with E-state index < -0.39 is 29.1 Å². The molecule has 1 aromatic heterocycles. The Morgan fingerprint density at radius 1 is 1.17 bits per heavy atom. The number of rotatable bonds is 2. The van der Waals surface area contributed by atoms with Gasteiger partial charge in [0.05, 0.1) is 10.4 Å². The molecule has 1 nitrogen and oxygen atoms in total. The highest BCUT2D eigenvalue weighted by Gasteiger charge is 2.24. The maximum absolute atomic E-state index is 13.5.